The van der Waals surface area contributed by atoms with Crippen molar-refractivity contribution in [3.05, 3.63) is 40.8 Å². The van der Waals surface area contributed by atoms with E-state index in [9.17, 15) is 4.79 Å². The number of hydrogen-bond acceptors (Lipinski definition) is 4. The summed E-state index contributed by atoms with van der Waals surface area (Å²) in [5, 5.41) is 9.04. The first-order valence-electron chi connectivity index (χ1n) is 6.89. The molecule has 0 spiro atoms. The molecule has 21 heavy (non-hydrogen) atoms. The van der Waals surface area contributed by atoms with Crippen molar-refractivity contribution in [3.63, 3.8) is 0 Å². The number of aryl methyl sites for hydroxylation is 3. The van der Waals surface area contributed by atoms with Crippen LogP contribution in [0.4, 0.5) is 0 Å². The number of carbonyl (C=O) groups is 1. The molecule has 1 atom stereocenters. The van der Waals surface area contributed by atoms with Crippen LogP contribution in [-0.4, -0.2) is 26.0 Å². The van der Waals surface area contributed by atoms with Crippen LogP contribution >= 0.6 is 0 Å². The Morgan fingerprint density at radius 3 is 2.38 bits per heavy atom. The van der Waals surface area contributed by atoms with Crippen molar-refractivity contribution in [2.24, 2.45) is 5.92 Å². The van der Waals surface area contributed by atoms with Gasteiger partial charge in [-0.25, -0.2) is 9.97 Å². The molecule has 0 bridgehead atoms. The third kappa shape index (κ3) is 3.24. The molecule has 1 N–H and O–H groups in total. The van der Waals surface area contributed by atoms with Crippen LogP contribution < -0.4 is 0 Å². The lowest BCUT2D eigenvalue weighted by Crippen LogP contribution is -2.15. The van der Waals surface area contributed by atoms with Crippen molar-refractivity contribution < 1.29 is 9.90 Å². The van der Waals surface area contributed by atoms with E-state index >= 15 is 0 Å². The topological polar surface area (TPSA) is 76.0 Å². The van der Waals surface area contributed by atoms with E-state index in [0.29, 0.717) is 12.2 Å². The second-order valence-electron chi connectivity index (χ2n) is 5.31. The fourth-order valence-corrected chi connectivity index (χ4v) is 2.25. The van der Waals surface area contributed by atoms with Crippen LogP contribution in [0.25, 0.3) is 11.5 Å². The Hall–Kier alpha value is -2.30. The summed E-state index contributed by atoms with van der Waals surface area (Å²) in [5.41, 5.74) is 4.32. The Labute approximate surface area is 124 Å². The van der Waals surface area contributed by atoms with Crippen molar-refractivity contribution in [3.8, 4) is 11.5 Å². The van der Waals surface area contributed by atoms with E-state index in [2.05, 4.69) is 15.0 Å². The van der Waals surface area contributed by atoms with Gasteiger partial charge in [0, 0.05) is 17.6 Å². The molecule has 5 heteroatoms. The highest BCUT2D eigenvalue weighted by molar-refractivity contribution is 5.70. The molecule has 0 aromatic carbocycles. The van der Waals surface area contributed by atoms with Crippen LogP contribution in [0.15, 0.2) is 18.3 Å². The number of hydrogen-bond donors (Lipinski definition) is 1. The summed E-state index contributed by atoms with van der Waals surface area (Å²) in [5.74, 6) is -0.665. The van der Waals surface area contributed by atoms with Gasteiger partial charge in [0.25, 0.3) is 0 Å². The zero-order valence-electron chi connectivity index (χ0n) is 12.7. The van der Waals surface area contributed by atoms with Crippen molar-refractivity contribution in [2.45, 2.75) is 34.1 Å². The summed E-state index contributed by atoms with van der Waals surface area (Å²) < 4.78 is 0. The lowest BCUT2D eigenvalue weighted by Gasteiger charge is -2.13. The van der Waals surface area contributed by atoms with Gasteiger partial charge in [0.15, 0.2) is 5.82 Å². The first-order valence-corrected chi connectivity index (χ1v) is 6.89. The Bertz CT molecular complexity index is 660. The molecule has 0 aliphatic carbocycles. The van der Waals surface area contributed by atoms with Gasteiger partial charge < -0.3 is 5.11 Å². The predicted octanol–water partition coefficient (Wildman–Crippen LogP) is 2.73. The third-order valence-electron chi connectivity index (χ3n) is 3.57. The smallest absolute Gasteiger partial charge is 0.306 e. The number of rotatable bonds is 4. The minimum absolute atomic E-state index is 0.439. The van der Waals surface area contributed by atoms with E-state index in [1.807, 2.05) is 32.9 Å². The summed E-state index contributed by atoms with van der Waals surface area (Å²) in [4.78, 5) is 24.4. The van der Waals surface area contributed by atoms with E-state index < -0.39 is 11.9 Å². The number of pyridine rings is 1. The first-order chi connectivity index (χ1) is 9.90. The van der Waals surface area contributed by atoms with E-state index in [-0.39, 0.29) is 0 Å². The fourth-order valence-electron chi connectivity index (χ4n) is 2.25. The normalized spacial score (nSPS) is 12.2. The molecule has 0 aliphatic heterocycles. The van der Waals surface area contributed by atoms with Crippen LogP contribution in [0.2, 0.25) is 0 Å². The Morgan fingerprint density at radius 2 is 1.86 bits per heavy atom. The predicted molar refractivity (Wildman–Crippen MR) is 80.0 cm³/mol. The Kier molecular flexibility index (Phi) is 4.31. The lowest BCUT2D eigenvalue weighted by molar-refractivity contribution is -0.141. The van der Waals surface area contributed by atoms with Crippen molar-refractivity contribution in [1.29, 1.82) is 0 Å². The van der Waals surface area contributed by atoms with Gasteiger partial charge in [-0.15, -0.1) is 0 Å². The lowest BCUT2D eigenvalue weighted by atomic mass is 9.99. The zero-order valence-corrected chi connectivity index (χ0v) is 12.7. The van der Waals surface area contributed by atoms with E-state index in [4.69, 9.17) is 5.11 Å². The molecule has 2 aromatic heterocycles. The molecule has 2 heterocycles. The standard InChI is InChI=1S/C16H19N3O2/c1-9-6-5-7-17-14(9)15-18-11(3)13(12(4)19-15)8-10(2)16(20)21/h5-7,10H,8H2,1-4H3,(H,20,21). The zero-order chi connectivity index (χ0) is 15.6. The molecule has 0 aliphatic rings. The van der Waals surface area contributed by atoms with Gasteiger partial charge >= 0.3 is 5.97 Å². The largest absolute Gasteiger partial charge is 0.481 e. The molecule has 0 saturated heterocycles. The Balaban J connectivity index is 2.42. The maximum atomic E-state index is 11.0. The van der Waals surface area contributed by atoms with Gasteiger partial charge in [-0.3, -0.25) is 9.78 Å². The van der Waals surface area contributed by atoms with E-state index in [0.717, 1.165) is 28.2 Å². The fraction of sp³-hybridized carbons (Fsp3) is 0.375. The van der Waals surface area contributed by atoms with Gasteiger partial charge in [-0.1, -0.05) is 13.0 Å². The second-order valence-corrected chi connectivity index (χ2v) is 5.31. The monoisotopic (exact) mass is 285 g/mol. The summed E-state index contributed by atoms with van der Waals surface area (Å²) >= 11 is 0. The minimum atomic E-state index is -0.807. The molecule has 2 rings (SSSR count). The number of aliphatic carboxylic acids is 1. The van der Waals surface area contributed by atoms with Crippen molar-refractivity contribution in [1.82, 2.24) is 15.0 Å². The summed E-state index contributed by atoms with van der Waals surface area (Å²) in [7, 11) is 0. The Morgan fingerprint density at radius 1 is 1.24 bits per heavy atom. The highest BCUT2D eigenvalue weighted by Gasteiger charge is 2.17. The summed E-state index contributed by atoms with van der Waals surface area (Å²) in [6, 6.07) is 3.85. The average molecular weight is 285 g/mol. The maximum Gasteiger partial charge on any atom is 0.306 e. The van der Waals surface area contributed by atoms with Crippen LogP contribution in [-0.2, 0) is 11.2 Å². The van der Waals surface area contributed by atoms with Crippen LogP contribution in [0.3, 0.4) is 0 Å². The highest BCUT2D eigenvalue weighted by Crippen LogP contribution is 2.21. The first kappa shape index (κ1) is 15.1. The summed E-state index contributed by atoms with van der Waals surface area (Å²) in [6.45, 7) is 7.44. The van der Waals surface area contributed by atoms with Gasteiger partial charge in [-0.2, -0.15) is 0 Å². The third-order valence-corrected chi connectivity index (χ3v) is 3.57. The molecular formula is C16H19N3O2. The molecule has 110 valence electrons. The van der Waals surface area contributed by atoms with Gasteiger partial charge in [0.2, 0.25) is 0 Å². The maximum absolute atomic E-state index is 11.0. The second kappa shape index (κ2) is 5.99. The molecule has 2 aromatic rings. The van der Waals surface area contributed by atoms with E-state index in [1.165, 1.54) is 0 Å². The molecular weight excluding hydrogens is 266 g/mol. The van der Waals surface area contributed by atoms with Crippen molar-refractivity contribution in [2.75, 3.05) is 0 Å². The number of aromatic nitrogens is 3. The van der Waals surface area contributed by atoms with Crippen molar-refractivity contribution >= 4 is 5.97 Å². The average Bonchev–Trinajstić information content (AvgIpc) is 2.42. The molecule has 0 fully saturated rings. The molecule has 1 unspecified atom stereocenters. The number of nitrogens with zero attached hydrogens (tertiary/aromatic N) is 3. The van der Waals surface area contributed by atoms with Gasteiger partial charge in [0.1, 0.15) is 5.69 Å². The van der Waals surface area contributed by atoms with Crippen LogP contribution in [0, 0.1) is 26.7 Å². The van der Waals surface area contributed by atoms with Gasteiger partial charge in [-0.05, 0) is 44.4 Å². The molecule has 0 saturated carbocycles. The molecule has 0 radical (unpaired) electrons. The van der Waals surface area contributed by atoms with E-state index in [1.54, 1.807) is 13.1 Å². The minimum Gasteiger partial charge on any atom is -0.481 e. The molecule has 0 amide bonds. The SMILES string of the molecule is Cc1cccnc1-c1nc(C)c(CC(C)C(=O)O)c(C)n1. The highest BCUT2D eigenvalue weighted by atomic mass is 16.4. The van der Waals surface area contributed by atoms with Crippen LogP contribution in [0.1, 0.15) is 29.4 Å². The number of carboxylic acid groups (broad SMARTS) is 1. The quantitative estimate of drug-likeness (QED) is 0.934. The van der Waals surface area contributed by atoms with Crippen LogP contribution in [0.5, 0.6) is 0 Å². The van der Waals surface area contributed by atoms with Gasteiger partial charge in [0.05, 0.1) is 5.92 Å². The molecule has 5 nitrogen and oxygen atoms in total. The number of carboxylic acids is 1. The summed E-state index contributed by atoms with van der Waals surface area (Å²) in [6.07, 6.45) is 2.16.